The van der Waals surface area contributed by atoms with E-state index in [9.17, 15) is 0 Å². The van der Waals surface area contributed by atoms with Crippen molar-refractivity contribution in [2.45, 2.75) is 34.0 Å². The molecule has 0 bridgehead atoms. The van der Waals surface area contributed by atoms with Crippen molar-refractivity contribution in [3.8, 4) is 17.3 Å². The topological polar surface area (TPSA) is 49.2 Å². The van der Waals surface area contributed by atoms with Crippen LogP contribution in [0.1, 0.15) is 28.2 Å². The highest BCUT2D eigenvalue weighted by atomic mass is 16.5. The predicted octanol–water partition coefficient (Wildman–Crippen LogP) is 5.35. The maximum absolute atomic E-state index is 6.01. The van der Waals surface area contributed by atoms with E-state index in [0.29, 0.717) is 13.2 Å². The Hall–Kier alpha value is -3.60. The molecule has 0 aliphatic rings. The lowest BCUT2D eigenvalue weighted by Gasteiger charge is -2.13. The van der Waals surface area contributed by atoms with Gasteiger partial charge in [0.1, 0.15) is 30.5 Å². The van der Waals surface area contributed by atoms with Crippen molar-refractivity contribution in [1.82, 2.24) is 14.5 Å². The van der Waals surface area contributed by atoms with Crippen molar-refractivity contribution in [1.29, 1.82) is 0 Å². The Morgan fingerprint density at radius 1 is 0.767 bits per heavy atom. The van der Waals surface area contributed by atoms with Gasteiger partial charge < -0.3 is 14.0 Å². The molecule has 4 rings (SSSR count). The number of aromatic nitrogens is 3. The Labute approximate surface area is 177 Å². The number of hydrogen-bond donors (Lipinski definition) is 0. The van der Waals surface area contributed by atoms with Crippen LogP contribution in [0, 0.1) is 20.8 Å². The van der Waals surface area contributed by atoms with Gasteiger partial charge >= 0.3 is 0 Å². The summed E-state index contributed by atoms with van der Waals surface area (Å²) in [5, 5.41) is 0. The van der Waals surface area contributed by atoms with Gasteiger partial charge in [0.15, 0.2) is 0 Å². The number of hydrogen-bond acceptors (Lipinski definition) is 4. The maximum atomic E-state index is 6.01. The fourth-order valence-electron chi connectivity index (χ4n) is 3.39. The Morgan fingerprint density at radius 2 is 1.43 bits per heavy atom. The van der Waals surface area contributed by atoms with Crippen LogP contribution in [0.3, 0.4) is 0 Å². The molecule has 3 aromatic heterocycles. The fraction of sp³-hybridized carbons (Fsp3) is 0.200. The Balaban J connectivity index is 1.45. The standard InChI is InChI=1S/C25H25N3O2/c1-18-13-22(27-25(14-18)28-19(2)7-8-20(28)3)17-30-24-6-4-5-23(15-24)29-16-21-9-11-26-12-10-21/h4-15H,16-17H2,1-3H3. The first kappa shape index (κ1) is 19.7. The van der Waals surface area contributed by atoms with E-state index in [-0.39, 0.29) is 0 Å². The summed E-state index contributed by atoms with van der Waals surface area (Å²) in [5.74, 6) is 2.43. The molecule has 152 valence electrons. The van der Waals surface area contributed by atoms with Crippen molar-refractivity contribution in [3.63, 3.8) is 0 Å². The molecule has 5 heteroatoms. The van der Waals surface area contributed by atoms with Crippen molar-refractivity contribution in [2.24, 2.45) is 0 Å². The number of nitrogens with zero attached hydrogens (tertiary/aromatic N) is 3. The van der Waals surface area contributed by atoms with Gasteiger partial charge in [-0.2, -0.15) is 0 Å². The van der Waals surface area contributed by atoms with Crippen molar-refractivity contribution in [2.75, 3.05) is 0 Å². The Bertz CT molecular complexity index is 1120. The Morgan fingerprint density at radius 3 is 2.13 bits per heavy atom. The van der Waals surface area contributed by atoms with Crippen LogP contribution in [0.4, 0.5) is 0 Å². The van der Waals surface area contributed by atoms with E-state index in [2.05, 4.69) is 54.6 Å². The summed E-state index contributed by atoms with van der Waals surface area (Å²) in [7, 11) is 0. The third kappa shape index (κ3) is 4.69. The molecule has 0 amide bonds. The zero-order valence-corrected chi connectivity index (χ0v) is 17.5. The number of rotatable bonds is 7. The molecular weight excluding hydrogens is 374 g/mol. The lowest BCUT2D eigenvalue weighted by molar-refractivity contribution is 0.287. The van der Waals surface area contributed by atoms with Crippen LogP contribution in [0.2, 0.25) is 0 Å². The number of aryl methyl sites for hydroxylation is 3. The van der Waals surface area contributed by atoms with Gasteiger partial charge in [-0.05, 0) is 80.4 Å². The lowest BCUT2D eigenvalue weighted by atomic mass is 10.2. The van der Waals surface area contributed by atoms with Gasteiger partial charge in [0.2, 0.25) is 0 Å². The molecular formula is C25H25N3O2. The van der Waals surface area contributed by atoms with Gasteiger partial charge in [0, 0.05) is 29.8 Å². The van der Waals surface area contributed by atoms with Crippen molar-refractivity contribution < 1.29 is 9.47 Å². The first-order valence-corrected chi connectivity index (χ1v) is 9.96. The molecule has 1 aromatic carbocycles. The second-order valence-electron chi connectivity index (χ2n) is 7.35. The van der Waals surface area contributed by atoms with Crippen LogP contribution in [0.25, 0.3) is 5.82 Å². The largest absolute Gasteiger partial charge is 0.489 e. The lowest BCUT2D eigenvalue weighted by Crippen LogP contribution is -2.06. The van der Waals surface area contributed by atoms with Gasteiger partial charge in [0.25, 0.3) is 0 Å². The molecule has 0 N–H and O–H groups in total. The highest BCUT2D eigenvalue weighted by molar-refractivity contribution is 5.36. The van der Waals surface area contributed by atoms with Crippen LogP contribution in [-0.4, -0.2) is 14.5 Å². The monoisotopic (exact) mass is 399 g/mol. The van der Waals surface area contributed by atoms with E-state index >= 15 is 0 Å². The summed E-state index contributed by atoms with van der Waals surface area (Å²) < 4.78 is 14.0. The summed E-state index contributed by atoms with van der Waals surface area (Å²) in [6, 6.07) is 19.9. The number of pyridine rings is 2. The highest BCUT2D eigenvalue weighted by Crippen LogP contribution is 2.22. The molecule has 30 heavy (non-hydrogen) atoms. The molecule has 4 aromatic rings. The van der Waals surface area contributed by atoms with Gasteiger partial charge in [-0.25, -0.2) is 4.98 Å². The molecule has 0 saturated carbocycles. The summed E-state index contributed by atoms with van der Waals surface area (Å²) in [6.45, 7) is 7.14. The second kappa shape index (κ2) is 8.82. The van der Waals surface area contributed by atoms with E-state index < -0.39 is 0 Å². The van der Waals surface area contributed by atoms with Crippen LogP contribution < -0.4 is 9.47 Å². The summed E-state index contributed by atoms with van der Waals surface area (Å²) in [4.78, 5) is 8.83. The average Bonchev–Trinajstić information content (AvgIpc) is 3.09. The van der Waals surface area contributed by atoms with E-state index in [1.165, 1.54) is 0 Å². The second-order valence-corrected chi connectivity index (χ2v) is 7.35. The zero-order valence-electron chi connectivity index (χ0n) is 17.5. The molecule has 5 nitrogen and oxygen atoms in total. The Kier molecular flexibility index (Phi) is 5.80. The molecule has 0 aliphatic carbocycles. The van der Waals surface area contributed by atoms with Gasteiger partial charge in [-0.1, -0.05) is 6.07 Å². The van der Waals surface area contributed by atoms with Gasteiger partial charge in [0.05, 0.1) is 5.69 Å². The minimum Gasteiger partial charge on any atom is -0.489 e. The third-order valence-corrected chi connectivity index (χ3v) is 4.86. The van der Waals surface area contributed by atoms with Crippen molar-refractivity contribution >= 4 is 0 Å². The molecule has 3 heterocycles. The minimum atomic E-state index is 0.391. The molecule has 0 unspecified atom stereocenters. The zero-order chi connectivity index (χ0) is 20.9. The fourth-order valence-corrected chi connectivity index (χ4v) is 3.39. The van der Waals surface area contributed by atoms with Gasteiger partial charge in [-0.15, -0.1) is 0 Å². The van der Waals surface area contributed by atoms with Crippen molar-refractivity contribution in [3.05, 3.63) is 101 Å². The van der Waals surface area contributed by atoms with Gasteiger partial charge in [-0.3, -0.25) is 4.98 Å². The maximum Gasteiger partial charge on any atom is 0.137 e. The summed E-state index contributed by atoms with van der Waals surface area (Å²) >= 11 is 0. The van der Waals surface area contributed by atoms with Crippen LogP contribution in [0.15, 0.2) is 73.1 Å². The highest BCUT2D eigenvalue weighted by Gasteiger charge is 2.08. The quantitative estimate of drug-likeness (QED) is 0.420. The summed E-state index contributed by atoms with van der Waals surface area (Å²) in [5.41, 5.74) is 5.44. The third-order valence-electron chi connectivity index (χ3n) is 4.86. The molecule has 0 atom stereocenters. The molecule has 0 aliphatic heterocycles. The molecule has 0 radical (unpaired) electrons. The van der Waals surface area contributed by atoms with Crippen LogP contribution >= 0.6 is 0 Å². The normalized spacial score (nSPS) is 10.8. The minimum absolute atomic E-state index is 0.391. The number of benzene rings is 1. The predicted molar refractivity (Wildman–Crippen MR) is 117 cm³/mol. The molecule has 0 saturated heterocycles. The van der Waals surface area contributed by atoms with Crippen LogP contribution in [0.5, 0.6) is 11.5 Å². The molecule has 0 fully saturated rings. The number of ether oxygens (including phenoxy) is 2. The van der Waals surface area contributed by atoms with E-state index in [0.717, 1.165) is 45.5 Å². The van der Waals surface area contributed by atoms with E-state index in [4.69, 9.17) is 14.5 Å². The van der Waals surface area contributed by atoms with E-state index in [1.807, 2.05) is 36.4 Å². The smallest absolute Gasteiger partial charge is 0.137 e. The summed E-state index contributed by atoms with van der Waals surface area (Å²) in [6.07, 6.45) is 3.52. The molecule has 0 spiro atoms. The average molecular weight is 399 g/mol. The van der Waals surface area contributed by atoms with Crippen LogP contribution in [-0.2, 0) is 13.2 Å². The SMILES string of the molecule is Cc1cc(COc2cccc(OCc3ccncc3)c2)nc(-n2c(C)ccc2C)c1. The first-order chi connectivity index (χ1) is 14.6. The van der Waals surface area contributed by atoms with E-state index in [1.54, 1.807) is 12.4 Å². The first-order valence-electron chi connectivity index (χ1n) is 9.96.